The Kier molecular flexibility index (Phi) is 11.5. The molecule has 1 heterocycles. The van der Waals surface area contributed by atoms with Crippen molar-refractivity contribution in [1.82, 2.24) is 10.6 Å². The number of methoxy groups -OCH3 is 1. The largest absolute Gasteiger partial charge is 0.469 e. The molecule has 1 atom stereocenters. The number of hydrogen-bond donors (Lipinski definition) is 2. The van der Waals surface area contributed by atoms with Crippen molar-refractivity contribution in [3.8, 4) is 0 Å². The number of rotatable bonds is 9. The Morgan fingerprint density at radius 2 is 2.00 bits per heavy atom. The van der Waals surface area contributed by atoms with Crippen LogP contribution in [0.15, 0.2) is 0 Å². The number of ether oxygens (including phenoxy) is 1. The van der Waals surface area contributed by atoms with Gasteiger partial charge in [-0.1, -0.05) is 12.8 Å². The maximum Gasteiger partial charge on any atom is 0.305 e. The fraction of sp³-hybridized carbons (Fsp3) is 0.857. The highest BCUT2D eigenvalue weighted by molar-refractivity contribution is 5.85. The number of halogens is 1. The van der Waals surface area contributed by atoms with Crippen LogP contribution < -0.4 is 10.6 Å². The van der Waals surface area contributed by atoms with Crippen LogP contribution >= 0.6 is 12.4 Å². The van der Waals surface area contributed by atoms with Gasteiger partial charge in [0.1, 0.15) is 0 Å². The lowest BCUT2D eigenvalue weighted by molar-refractivity contribution is -0.140. The molecule has 0 radical (unpaired) electrons. The molecule has 1 amide bonds. The molecule has 1 rings (SSSR count). The molecule has 0 aromatic rings. The second-order valence-corrected chi connectivity index (χ2v) is 5.09. The van der Waals surface area contributed by atoms with Gasteiger partial charge in [0.15, 0.2) is 0 Å². The number of esters is 1. The molecule has 0 aromatic carbocycles. The van der Waals surface area contributed by atoms with Crippen LogP contribution in [0.1, 0.15) is 51.4 Å². The van der Waals surface area contributed by atoms with E-state index in [-0.39, 0.29) is 24.3 Å². The zero-order chi connectivity index (χ0) is 13.9. The Morgan fingerprint density at radius 3 is 2.65 bits per heavy atom. The van der Waals surface area contributed by atoms with E-state index in [4.69, 9.17) is 0 Å². The molecule has 1 aliphatic rings. The van der Waals surface area contributed by atoms with Gasteiger partial charge in [-0.25, -0.2) is 0 Å². The van der Waals surface area contributed by atoms with Crippen LogP contribution in [-0.2, 0) is 14.3 Å². The van der Waals surface area contributed by atoms with E-state index in [0.29, 0.717) is 18.9 Å². The third kappa shape index (κ3) is 9.15. The standard InChI is InChI=1S/C14H26N2O3.ClH/c1-19-14(18)8-4-2-3-5-9-16-13(17)11-12-7-6-10-15-12;/h12,15H,2-11H2,1H3,(H,16,17);1H. The van der Waals surface area contributed by atoms with Gasteiger partial charge in [0.05, 0.1) is 7.11 Å². The van der Waals surface area contributed by atoms with Crippen molar-refractivity contribution < 1.29 is 14.3 Å². The topological polar surface area (TPSA) is 67.4 Å². The third-order valence-electron chi connectivity index (χ3n) is 3.45. The lowest BCUT2D eigenvalue weighted by Crippen LogP contribution is -2.32. The van der Waals surface area contributed by atoms with Crippen LogP contribution in [0.5, 0.6) is 0 Å². The average molecular weight is 307 g/mol. The maximum absolute atomic E-state index is 11.6. The molecule has 5 nitrogen and oxygen atoms in total. The molecular formula is C14H27ClN2O3. The summed E-state index contributed by atoms with van der Waals surface area (Å²) in [7, 11) is 1.41. The first-order valence-corrected chi connectivity index (χ1v) is 7.29. The van der Waals surface area contributed by atoms with Crippen LogP contribution in [0, 0.1) is 0 Å². The summed E-state index contributed by atoms with van der Waals surface area (Å²) < 4.78 is 4.57. The SMILES string of the molecule is COC(=O)CCCCCCNC(=O)CC1CCCN1.Cl. The molecule has 118 valence electrons. The lowest BCUT2D eigenvalue weighted by atomic mass is 10.1. The van der Waals surface area contributed by atoms with Gasteiger partial charge in [0, 0.05) is 25.4 Å². The molecule has 0 bridgehead atoms. The Labute approximate surface area is 127 Å². The zero-order valence-electron chi connectivity index (χ0n) is 12.3. The quantitative estimate of drug-likeness (QED) is 0.503. The molecular weight excluding hydrogens is 280 g/mol. The Balaban J connectivity index is 0.00000361. The van der Waals surface area contributed by atoms with Gasteiger partial charge in [-0.15, -0.1) is 12.4 Å². The second kappa shape index (κ2) is 12.0. The van der Waals surface area contributed by atoms with Crippen molar-refractivity contribution in [3.05, 3.63) is 0 Å². The molecule has 0 aliphatic carbocycles. The molecule has 0 saturated carbocycles. The van der Waals surface area contributed by atoms with Gasteiger partial charge >= 0.3 is 5.97 Å². The van der Waals surface area contributed by atoms with E-state index in [1.54, 1.807) is 0 Å². The summed E-state index contributed by atoms with van der Waals surface area (Å²) in [5.74, 6) is 0.00586. The molecule has 0 aromatic heterocycles. The van der Waals surface area contributed by atoms with E-state index in [2.05, 4.69) is 15.4 Å². The van der Waals surface area contributed by atoms with Crippen LogP contribution in [-0.4, -0.2) is 38.1 Å². The highest BCUT2D eigenvalue weighted by atomic mass is 35.5. The number of hydrogen-bond acceptors (Lipinski definition) is 4. The molecule has 6 heteroatoms. The normalized spacial score (nSPS) is 17.4. The highest BCUT2D eigenvalue weighted by Gasteiger charge is 2.16. The van der Waals surface area contributed by atoms with Crippen molar-refractivity contribution in [2.24, 2.45) is 0 Å². The lowest BCUT2D eigenvalue weighted by Gasteiger charge is -2.10. The number of amides is 1. The second-order valence-electron chi connectivity index (χ2n) is 5.09. The van der Waals surface area contributed by atoms with Crippen LogP contribution in [0.3, 0.4) is 0 Å². The zero-order valence-corrected chi connectivity index (χ0v) is 13.1. The molecule has 1 fully saturated rings. The fourth-order valence-electron chi connectivity index (χ4n) is 2.30. The van der Waals surface area contributed by atoms with Crippen molar-refractivity contribution in [2.75, 3.05) is 20.2 Å². The Hall–Kier alpha value is -0.810. The minimum absolute atomic E-state index is 0. The highest BCUT2D eigenvalue weighted by Crippen LogP contribution is 2.08. The van der Waals surface area contributed by atoms with E-state index in [1.807, 2.05) is 0 Å². The van der Waals surface area contributed by atoms with Gasteiger partial charge < -0.3 is 15.4 Å². The molecule has 1 unspecified atom stereocenters. The van der Waals surface area contributed by atoms with E-state index in [0.717, 1.165) is 45.2 Å². The van der Waals surface area contributed by atoms with E-state index in [1.165, 1.54) is 13.5 Å². The summed E-state index contributed by atoms with van der Waals surface area (Å²) in [4.78, 5) is 22.5. The minimum Gasteiger partial charge on any atom is -0.469 e. The number of unbranched alkanes of at least 4 members (excludes halogenated alkanes) is 3. The summed E-state index contributed by atoms with van der Waals surface area (Å²) in [5.41, 5.74) is 0. The monoisotopic (exact) mass is 306 g/mol. The summed E-state index contributed by atoms with van der Waals surface area (Å²) in [6, 6.07) is 0.375. The third-order valence-corrected chi connectivity index (χ3v) is 3.45. The first-order valence-electron chi connectivity index (χ1n) is 7.29. The van der Waals surface area contributed by atoms with Crippen LogP contribution in [0.25, 0.3) is 0 Å². The Morgan fingerprint density at radius 1 is 1.25 bits per heavy atom. The molecule has 2 N–H and O–H groups in total. The Bertz CT molecular complexity index is 282. The molecule has 20 heavy (non-hydrogen) atoms. The van der Waals surface area contributed by atoms with Crippen LogP contribution in [0.2, 0.25) is 0 Å². The van der Waals surface area contributed by atoms with Gasteiger partial charge in [0.25, 0.3) is 0 Å². The summed E-state index contributed by atoms with van der Waals surface area (Å²) in [6.07, 6.45) is 7.28. The van der Waals surface area contributed by atoms with E-state index < -0.39 is 0 Å². The number of carbonyl (C=O) groups is 2. The predicted molar refractivity (Wildman–Crippen MR) is 81.0 cm³/mol. The molecule has 0 spiro atoms. The van der Waals surface area contributed by atoms with Crippen molar-refractivity contribution in [3.63, 3.8) is 0 Å². The van der Waals surface area contributed by atoms with E-state index in [9.17, 15) is 9.59 Å². The van der Waals surface area contributed by atoms with Gasteiger partial charge in [0.2, 0.25) is 5.91 Å². The van der Waals surface area contributed by atoms with Crippen molar-refractivity contribution in [1.29, 1.82) is 0 Å². The van der Waals surface area contributed by atoms with Crippen LogP contribution in [0.4, 0.5) is 0 Å². The first-order chi connectivity index (χ1) is 9.22. The summed E-state index contributed by atoms with van der Waals surface area (Å²) in [6.45, 7) is 1.78. The van der Waals surface area contributed by atoms with E-state index >= 15 is 0 Å². The first kappa shape index (κ1) is 19.2. The molecule has 1 saturated heterocycles. The average Bonchev–Trinajstić information content (AvgIpc) is 2.90. The van der Waals surface area contributed by atoms with Crippen molar-refractivity contribution >= 4 is 24.3 Å². The maximum atomic E-state index is 11.6. The summed E-state index contributed by atoms with van der Waals surface area (Å²) in [5, 5.41) is 6.27. The van der Waals surface area contributed by atoms with Crippen molar-refractivity contribution in [2.45, 2.75) is 57.4 Å². The predicted octanol–water partition coefficient (Wildman–Crippen LogP) is 1.79. The van der Waals surface area contributed by atoms with Gasteiger partial charge in [-0.05, 0) is 32.2 Å². The number of carbonyl (C=O) groups excluding carboxylic acids is 2. The smallest absolute Gasteiger partial charge is 0.305 e. The summed E-state index contributed by atoms with van der Waals surface area (Å²) >= 11 is 0. The van der Waals surface area contributed by atoms with Gasteiger partial charge in [-0.2, -0.15) is 0 Å². The molecule has 1 aliphatic heterocycles. The fourth-order valence-corrected chi connectivity index (χ4v) is 2.30. The minimum atomic E-state index is -0.141. The van der Waals surface area contributed by atoms with Gasteiger partial charge in [-0.3, -0.25) is 9.59 Å². The number of nitrogens with one attached hydrogen (secondary N) is 2.